The molecule has 1 fully saturated rings. The molecule has 2 unspecified atom stereocenters. The maximum Gasteiger partial charge on any atom is 0.231 e. The monoisotopic (exact) mass is 234 g/mol. The zero-order valence-corrected chi connectivity index (χ0v) is 9.80. The maximum atomic E-state index is 12.0. The van der Waals surface area contributed by atoms with Gasteiger partial charge in [-0.1, -0.05) is 0 Å². The lowest BCUT2D eigenvalue weighted by Crippen LogP contribution is -2.28. The summed E-state index contributed by atoms with van der Waals surface area (Å²) >= 11 is 0. The number of ether oxygens (including phenoxy) is 1. The third kappa shape index (κ3) is 2.29. The second-order valence-electron chi connectivity index (χ2n) is 4.14. The molecule has 0 bridgehead atoms. The zero-order valence-electron chi connectivity index (χ0n) is 9.80. The lowest BCUT2D eigenvalue weighted by molar-refractivity contribution is -0.121. The summed E-state index contributed by atoms with van der Waals surface area (Å²) in [5.41, 5.74) is 0.368. The minimum Gasteiger partial charge on any atom is -0.378 e. The minimum atomic E-state index is -0.163. The highest BCUT2D eigenvalue weighted by Crippen LogP contribution is 2.22. The van der Waals surface area contributed by atoms with E-state index in [4.69, 9.17) is 10.00 Å². The van der Waals surface area contributed by atoms with Crippen molar-refractivity contribution in [3.05, 3.63) is 11.8 Å². The van der Waals surface area contributed by atoms with Gasteiger partial charge in [0, 0.05) is 19.9 Å². The van der Waals surface area contributed by atoms with Gasteiger partial charge in [0.25, 0.3) is 0 Å². The average molecular weight is 234 g/mol. The number of amides is 1. The van der Waals surface area contributed by atoms with Crippen LogP contribution in [0.3, 0.4) is 0 Å². The van der Waals surface area contributed by atoms with E-state index < -0.39 is 0 Å². The van der Waals surface area contributed by atoms with Crippen LogP contribution >= 0.6 is 0 Å². The first kappa shape index (κ1) is 11.6. The lowest BCUT2D eigenvalue weighted by atomic mass is 10.0. The minimum absolute atomic E-state index is 0.0794. The molecule has 2 rings (SSSR count). The van der Waals surface area contributed by atoms with Crippen molar-refractivity contribution in [1.29, 1.82) is 5.26 Å². The van der Waals surface area contributed by atoms with E-state index in [0.717, 1.165) is 0 Å². The first-order valence-electron chi connectivity index (χ1n) is 5.48. The Balaban J connectivity index is 2.10. The Bertz CT molecular complexity index is 474. The summed E-state index contributed by atoms with van der Waals surface area (Å²) in [6, 6.07) is 1.99. The van der Waals surface area contributed by atoms with Crippen LogP contribution in [0.15, 0.2) is 6.20 Å². The van der Waals surface area contributed by atoms with E-state index >= 15 is 0 Å². The summed E-state index contributed by atoms with van der Waals surface area (Å²) in [7, 11) is 1.71. The largest absolute Gasteiger partial charge is 0.378 e. The van der Waals surface area contributed by atoms with Gasteiger partial charge in [-0.25, -0.2) is 0 Å². The van der Waals surface area contributed by atoms with Gasteiger partial charge in [0.1, 0.15) is 11.6 Å². The predicted molar refractivity (Wildman–Crippen MR) is 60.1 cm³/mol. The van der Waals surface area contributed by atoms with Crippen LogP contribution in [0.25, 0.3) is 0 Å². The Morgan fingerprint density at radius 2 is 2.53 bits per heavy atom. The molecule has 1 aliphatic heterocycles. The molecule has 90 valence electrons. The number of anilines is 1. The van der Waals surface area contributed by atoms with Crippen molar-refractivity contribution in [3.8, 4) is 6.07 Å². The molecular formula is C11H14N4O2. The molecule has 1 saturated heterocycles. The third-order valence-corrected chi connectivity index (χ3v) is 2.90. The standard InChI is InChI=1S/C11H14N4O2/c1-7-9(3-4-17-7)11(16)13-10-8(5-12)6-15(2)14-10/h6-7,9H,3-4H2,1-2H3,(H,13,14,16). The highest BCUT2D eigenvalue weighted by atomic mass is 16.5. The van der Waals surface area contributed by atoms with Crippen molar-refractivity contribution in [1.82, 2.24) is 9.78 Å². The SMILES string of the molecule is CC1OCCC1C(=O)Nc1nn(C)cc1C#N. The van der Waals surface area contributed by atoms with Crippen molar-refractivity contribution < 1.29 is 9.53 Å². The normalized spacial score (nSPS) is 23.4. The number of nitrogens with one attached hydrogen (secondary N) is 1. The van der Waals surface area contributed by atoms with Crippen LogP contribution in [0.1, 0.15) is 18.9 Å². The number of aryl methyl sites for hydroxylation is 1. The zero-order chi connectivity index (χ0) is 12.4. The van der Waals surface area contributed by atoms with Crippen molar-refractivity contribution in [2.45, 2.75) is 19.4 Å². The Morgan fingerprint density at radius 3 is 3.12 bits per heavy atom. The summed E-state index contributed by atoms with van der Waals surface area (Å²) in [5.74, 6) is 0.0212. The van der Waals surface area contributed by atoms with E-state index in [1.807, 2.05) is 13.0 Å². The highest BCUT2D eigenvalue weighted by Gasteiger charge is 2.31. The van der Waals surface area contributed by atoms with E-state index in [2.05, 4.69) is 10.4 Å². The summed E-state index contributed by atoms with van der Waals surface area (Å²) in [4.78, 5) is 12.0. The molecule has 1 amide bonds. The molecule has 1 aromatic heterocycles. The van der Waals surface area contributed by atoms with Crippen LogP contribution < -0.4 is 5.32 Å². The van der Waals surface area contributed by atoms with Gasteiger partial charge in [-0.2, -0.15) is 10.4 Å². The molecular weight excluding hydrogens is 220 g/mol. The average Bonchev–Trinajstić information content (AvgIpc) is 2.84. The number of hydrogen-bond donors (Lipinski definition) is 1. The molecule has 0 saturated carbocycles. The van der Waals surface area contributed by atoms with Crippen LogP contribution in [0, 0.1) is 17.2 Å². The van der Waals surface area contributed by atoms with Crippen LogP contribution in [0.4, 0.5) is 5.82 Å². The Labute approximate surface area is 99.2 Å². The summed E-state index contributed by atoms with van der Waals surface area (Å²) in [6.07, 6.45) is 2.20. The molecule has 0 aromatic carbocycles. The molecule has 0 spiro atoms. The van der Waals surface area contributed by atoms with Gasteiger partial charge in [0.05, 0.1) is 12.0 Å². The molecule has 0 aliphatic carbocycles. The number of nitrogens with zero attached hydrogens (tertiary/aromatic N) is 3. The van der Waals surface area contributed by atoms with Crippen LogP contribution in [-0.4, -0.2) is 28.4 Å². The first-order chi connectivity index (χ1) is 8.11. The number of nitriles is 1. The van der Waals surface area contributed by atoms with E-state index in [-0.39, 0.29) is 17.9 Å². The fraction of sp³-hybridized carbons (Fsp3) is 0.545. The van der Waals surface area contributed by atoms with Gasteiger partial charge in [0.15, 0.2) is 5.82 Å². The van der Waals surface area contributed by atoms with Gasteiger partial charge < -0.3 is 10.1 Å². The van der Waals surface area contributed by atoms with Crippen molar-refractivity contribution in [3.63, 3.8) is 0 Å². The van der Waals surface area contributed by atoms with Crippen LogP contribution in [0.5, 0.6) is 0 Å². The van der Waals surface area contributed by atoms with Crippen molar-refractivity contribution in [2.75, 3.05) is 11.9 Å². The quantitative estimate of drug-likeness (QED) is 0.815. The topological polar surface area (TPSA) is 79.9 Å². The molecule has 6 heteroatoms. The van der Waals surface area contributed by atoms with Gasteiger partial charge >= 0.3 is 0 Å². The van der Waals surface area contributed by atoms with E-state index in [1.165, 1.54) is 4.68 Å². The fourth-order valence-electron chi connectivity index (χ4n) is 1.95. The molecule has 1 N–H and O–H groups in total. The number of aromatic nitrogens is 2. The van der Waals surface area contributed by atoms with E-state index in [0.29, 0.717) is 24.4 Å². The van der Waals surface area contributed by atoms with Gasteiger partial charge in [-0.05, 0) is 13.3 Å². The van der Waals surface area contributed by atoms with Gasteiger partial charge in [0.2, 0.25) is 5.91 Å². The second-order valence-corrected chi connectivity index (χ2v) is 4.14. The number of carbonyl (C=O) groups is 1. The van der Waals surface area contributed by atoms with Gasteiger partial charge in [-0.3, -0.25) is 9.48 Å². The smallest absolute Gasteiger partial charge is 0.231 e. The molecule has 1 aromatic rings. The van der Waals surface area contributed by atoms with E-state index in [1.54, 1.807) is 13.2 Å². The molecule has 1 aliphatic rings. The van der Waals surface area contributed by atoms with Gasteiger partial charge in [-0.15, -0.1) is 0 Å². The maximum absolute atomic E-state index is 12.0. The van der Waals surface area contributed by atoms with Crippen LogP contribution in [0.2, 0.25) is 0 Å². The van der Waals surface area contributed by atoms with Crippen molar-refractivity contribution in [2.24, 2.45) is 13.0 Å². The molecule has 2 heterocycles. The van der Waals surface area contributed by atoms with E-state index in [9.17, 15) is 4.79 Å². The van der Waals surface area contributed by atoms with Crippen molar-refractivity contribution >= 4 is 11.7 Å². The summed E-state index contributed by atoms with van der Waals surface area (Å²) in [6.45, 7) is 2.48. The number of rotatable bonds is 2. The second kappa shape index (κ2) is 4.55. The Morgan fingerprint density at radius 1 is 1.76 bits per heavy atom. The Hall–Kier alpha value is -1.87. The fourth-order valence-corrected chi connectivity index (χ4v) is 1.95. The molecule has 17 heavy (non-hydrogen) atoms. The third-order valence-electron chi connectivity index (χ3n) is 2.90. The lowest BCUT2D eigenvalue weighted by Gasteiger charge is -2.12. The number of carbonyl (C=O) groups excluding carboxylic acids is 1. The molecule has 2 atom stereocenters. The van der Waals surface area contributed by atoms with Crippen LogP contribution in [-0.2, 0) is 16.6 Å². The summed E-state index contributed by atoms with van der Waals surface area (Å²) < 4.78 is 6.84. The highest BCUT2D eigenvalue weighted by molar-refractivity contribution is 5.93. The molecule has 6 nitrogen and oxygen atoms in total. The number of hydrogen-bond acceptors (Lipinski definition) is 4. The Kier molecular flexibility index (Phi) is 3.11. The predicted octanol–water partition coefficient (Wildman–Crippen LogP) is 0.655. The molecule has 0 radical (unpaired) electrons. The summed E-state index contributed by atoms with van der Waals surface area (Å²) in [5, 5.41) is 15.6. The first-order valence-corrected chi connectivity index (χ1v) is 5.48.